The van der Waals surface area contributed by atoms with Crippen LogP contribution in [0.2, 0.25) is 5.02 Å². The Morgan fingerprint density at radius 3 is 2.72 bits per heavy atom. The summed E-state index contributed by atoms with van der Waals surface area (Å²) in [4.78, 5) is 2.45. The van der Waals surface area contributed by atoms with Gasteiger partial charge in [-0.2, -0.15) is 0 Å². The molecule has 3 heteroatoms. The molecule has 1 aliphatic rings. The highest BCUT2D eigenvalue weighted by molar-refractivity contribution is 6.31. The van der Waals surface area contributed by atoms with Crippen molar-refractivity contribution in [3.05, 3.63) is 28.8 Å². The molecule has 0 heterocycles. The van der Waals surface area contributed by atoms with Crippen LogP contribution in [0.5, 0.6) is 0 Å². The molecule has 1 aromatic rings. The number of halogens is 1. The smallest absolute Gasteiger partial charge is 0.0471 e. The van der Waals surface area contributed by atoms with Gasteiger partial charge in [-0.25, -0.2) is 0 Å². The first kappa shape index (κ1) is 13.7. The quantitative estimate of drug-likeness (QED) is 0.840. The SMILES string of the molecule is CC1CCCCC1N(C)Cc1ccc(N)cc1Cl. The summed E-state index contributed by atoms with van der Waals surface area (Å²) in [6.45, 7) is 3.28. The first-order chi connectivity index (χ1) is 8.58. The molecule has 1 aromatic carbocycles. The normalized spacial score (nSPS) is 24.4. The van der Waals surface area contributed by atoms with Crippen molar-refractivity contribution in [3.8, 4) is 0 Å². The topological polar surface area (TPSA) is 29.3 Å². The first-order valence-electron chi connectivity index (χ1n) is 6.82. The largest absolute Gasteiger partial charge is 0.399 e. The predicted octanol–water partition coefficient (Wildman–Crippen LogP) is 3.93. The number of hydrogen-bond acceptors (Lipinski definition) is 2. The molecule has 18 heavy (non-hydrogen) atoms. The fourth-order valence-corrected chi connectivity index (χ4v) is 3.28. The van der Waals surface area contributed by atoms with Crippen molar-refractivity contribution < 1.29 is 0 Å². The molecule has 2 rings (SSSR count). The van der Waals surface area contributed by atoms with E-state index in [0.29, 0.717) is 6.04 Å². The van der Waals surface area contributed by atoms with E-state index < -0.39 is 0 Å². The average Bonchev–Trinajstić information content (AvgIpc) is 2.33. The van der Waals surface area contributed by atoms with Crippen LogP contribution >= 0.6 is 11.6 Å². The summed E-state index contributed by atoms with van der Waals surface area (Å²) >= 11 is 6.24. The summed E-state index contributed by atoms with van der Waals surface area (Å²) in [5, 5.41) is 0.783. The van der Waals surface area contributed by atoms with Crippen LogP contribution in [0.25, 0.3) is 0 Å². The minimum absolute atomic E-state index is 0.687. The van der Waals surface area contributed by atoms with Crippen LogP contribution in [0.15, 0.2) is 18.2 Å². The Hall–Kier alpha value is -0.730. The van der Waals surface area contributed by atoms with Gasteiger partial charge in [0, 0.05) is 23.3 Å². The van der Waals surface area contributed by atoms with Gasteiger partial charge in [-0.15, -0.1) is 0 Å². The molecule has 0 aliphatic heterocycles. The number of hydrogen-bond donors (Lipinski definition) is 1. The maximum Gasteiger partial charge on any atom is 0.0471 e. The number of nitrogens with zero attached hydrogens (tertiary/aromatic N) is 1. The third kappa shape index (κ3) is 3.18. The molecule has 2 unspecified atom stereocenters. The maximum absolute atomic E-state index is 6.24. The van der Waals surface area contributed by atoms with Crippen molar-refractivity contribution in [2.24, 2.45) is 5.92 Å². The summed E-state index contributed by atoms with van der Waals surface area (Å²) in [6, 6.07) is 6.50. The van der Waals surface area contributed by atoms with Crippen LogP contribution in [-0.4, -0.2) is 18.0 Å². The van der Waals surface area contributed by atoms with E-state index >= 15 is 0 Å². The van der Waals surface area contributed by atoms with Gasteiger partial charge in [0.25, 0.3) is 0 Å². The standard InChI is InChI=1S/C15H23ClN2/c1-11-5-3-4-6-15(11)18(2)10-12-7-8-13(17)9-14(12)16/h7-9,11,15H,3-6,10,17H2,1-2H3. The second-order valence-corrected chi connectivity index (χ2v) is 6.00. The van der Waals surface area contributed by atoms with Gasteiger partial charge in [-0.05, 0) is 43.5 Å². The van der Waals surface area contributed by atoms with Crippen molar-refractivity contribution >= 4 is 17.3 Å². The van der Waals surface area contributed by atoms with E-state index in [4.69, 9.17) is 17.3 Å². The van der Waals surface area contributed by atoms with Crippen molar-refractivity contribution in [1.82, 2.24) is 4.90 Å². The molecule has 0 spiro atoms. The van der Waals surface area contributed by atoms with Gasteiger partial charge in [-0.1, -0.05) is 37.4 Å². The minimum atomic E-state index is 0.687. The number of nitrogens with two attached hydrogens (primary N) is 1. The summed E-state index contributed by atoms with van der Waals surface area (Å²) in [5.41, 5.74) is 7.63. The third-order valence-electron chi connectivity index (χ3n) is 4.13. The molecule has 100 valence electrons. The second kappa shape index (κ2) is 5.94. The zero-order valence-corrected chi connectivity index (χ0v) is 12.1. The fourth-order valence-electron chi connectivity index (χ4n) is 3.03. The summed E-state index contributed by atoms with van der Waals surface area (Å²) in [7, 11) is 2.21. The van der Waals surface area contributed by atoms with Gasteiger partial charge in [-0.3, -0.25) is 4.90 Å². The number of benzene rings is 1. The van der Waals surface area contributed by atoms with E-state index in [-0.39, 0.29) is 0 Å². The molecule has 0 bridgehead atoms. The zero-order chi connectivity index (χ0) is 13.1. The van der Waals surface area contributed by atoms with Gasteiger partial charge in [0.05, 0.1) is 0 Å². The molecule has 2 atom stereocenters. The van der Waals surface area contributed by atoms with Crippen molar-refractivity contribution in [2.45, 2.75) is 45.2 Å². The number of anilines is 1. The van der Waals surface area contributed by atoms with Gasteiger partial charge >= 0.3 is 0 Å². The van der Waals surface area contributed by atoms with E-state index in [9.17, 15) is 0 Å². The highest BCUT2D eigenvalue weighted by Gasteiger charge is 2.25. The lowest BCUT2D eigenvalue weighted by Gasteiger charge is -2.36. The molecule has 2 nitrogen and oxygen atoms in total. The summed E-state index contributed by atoms with van der Waals surface area (Å²) in [5.74, 6) is 0.788. The molecule has 1 aliphatic carbocycles. The molecular weight excluding hydrogens is 244 g/mol. The Morgan fingerprint density at radius 2 is 2.06 bits per heavy atom. The molecule has 0 saturated heterocycles. The summed E-state index contributed by atoms with van der Waals surface area (Å²) < 4.78 is 0. The highest BCUT2D eigenvalue weighted by Crippen LogP contribution is 2.29. The second-order valence-electron chi connectivity index (χ2n) is 5.60. The van der Waals surface area contributed by atoms with Gasteiger partial charge in [0.2, 0.25) is 0 Å². The lowest BCUT2D eigenvalue weighted by atomic mass is 9.85. The minimum Gasteiger partial charge on any atom is -0.399 e. The molecule has 0 amide bonds. The van der Waals surface area contributed by atoms with Gasteiger partial charge in [0.1, 0.15) is 0 Å². The monoisotopic (exact) mass is 266 g/mol. The molecule has 1 fully saturated rings. The van der Waals surface area contributed by atoms with Crippen LogP contribution in [-0.2, 0) is 6.54 Å². The number of nitrogen functional groups attached to an aromatic ring is 1. The highest BCUT2D eigenvalue weighted by atomic mass is 35.5. The molecule has 0 aromatic heterocycles. The fraction of sp³-hybridized carbons (Fsp3) is 0.600. The third-order valence-corrected chi connectivity index (χ3v) is 4.48. The average molecular weight is 267 g/mol. The molecular formula is C15H23ClN2. The van der Waals surface area contributed by atoms with Gasteiger partial charge < -0.3 is 5.73 Å². The maximum atomic E-state index is 6.24. The Morgan fingerprint density at radius 1 is 1.33 bits per heavy atom. The Balaban J connectivity index is 2.03. The van der Waals surface area contributed by atoms with Crippen LogP contribution in [0.4, 0.5) is 5.69 Å². The summed E-state index contributed by atoms with van der Waals surface area (Å²) in [6.07, 6.45) is 5.40. The molecule has 0 radical (unpaired) electrons. The van der Waals surface area contributed by atoms with Gasteiger partial charge in [0.15, 0.2) is 0 Å². The lowest BCUT2D eigenvalue weighted by molar-refractivity contribution is 0.133. The van der Waals surface area contributed by atoms with E-state index in [1.165, 1.54) is 31.2 Å². The predicted molar refractivity (Wildman–Crippen MR) is 78.8 cm³/mol. The van der Waals surface area contributed by atoms with Crippen LogP contribution in [0.3, 0.4) is 0 Å². The Kier molecular flexibility index (Phi) is 4.52. The zero-order valence-electron chi connectivity index (χ0n) is 11.3. The Bertz CT molecular complexity index is 405. The lowest BCUT2D eigenvalue weighted by Crippen LogP contribution is -2.38. The number of rotatable bonds is 3. The van der Waals surface area contributed by atoms with E-state index in [2.05, 4.69) is 18.9 Å². The van der Waals surface area contributed by atoms with Crippen molar-refractivity contribution in [2.75, 3.05) is 12.8 Å². The van der Waals surface area contributed by atoms with Crippen molar-refractivity contribution in [3.63, 3.8) is 0 Å². The Labute approximate surface area is 115 Å². The van der Waals surface area contributed by atoms with Crippen LogP contribution < -0.4 is 5.73 Å². The molecule has 2 N–H and O–H groups in total. The van der Waals surface area contributed by atoms with Crippen LogP contribution in [0, 0.1) is 5.92 Å². The first-order valence-corrected chi connectivity index (χ1v) is 7.20. The van der Waals surface area contributed by atoms with E-state index in [1.54, 1.807) is 0 Å². The van der Waals surface area contributed by atoms with Crippen LogP contribution in [0.1, 0.15) is 38.2 Å². The van der Waals surface area contributed by atoms with E-state index in [1.807, 2.05) is 18.2 Å². The molecule has 1 saturated carbocycles. The van der Waals surface area contributed by atoms with E-state index in [0.717, 1.165) is 23.2 Å². The van der Waals surface area contributed by atoms with Crippen molar-refractivity contribution in [1.29, 1.82) is 0 Å².